The molecule has 0 heterocycles. The van der Waals surface area contributed by atoms with Gasteiger partial charge in [-0.3, -0.25) is 4.79 Å². The number of carbonyl (C=O) groups is 1. The average molecular weight is 127 g/mol. The van der Waals surface area contributed by atoms with Crippen LogP contribution in [-0.2, 0) is 9.53 Å². The summed E-state index contributed by atoms with van der Waals surface area (Å²) in [6.45, 7) is 0.859. The van der Waals surface area contributed by atoms with Crippen LogP contribution in [0.15, 0.2) is 0 Å². The summed E-state index contributed by atoms with van der Waals surface area (Å²) in [5.41, 5.74) is 0. The van der Waals surface area contributed by atoms with Crippen molar-refractivity contribution in [2.45, 2.75) is 19.3 Å². The third-order valence-corrected chi connectivity index (χ3v) is 0.869. The van der Waals surface area contributed by atoms with Gasteiger partial charge in [-0.2, -0.15) is 5.26 Å². The van der Waals surface area contributed by atoms with Crippen molar-refractivity contribution in [2.24, 2.45) is 0 Å². The molecular weight excluding hydrogens is 118 g/mol. The van der Waals surface area contributed by atoms with Crippen molar-refractivity contribution in [3.05, 3.63) is 0 Å². The van der Waals surface area contributed by atoms with E-state index in [2.05, 4.69) is 4.74 Å². The lowest BCUT2D eigenvalue weighted by molar-refractivity contribution is -0.128. The molecule has 3 nitrogen and oxygen atoms in total. The third-order valence-electron chi connectivity index (χ3n) is 0.869. The van der Waals surface area contributed by atoms with Crippen LogP contribution in [0, 0.1) is 11.3 Å². The molecule has 0 aliphatic rings. The van der Waals surface area contributed by atoms with E-state index in [0.29, 0.717) is 19.5 Å². The Labute approximate surface area is 54.2 Å². The molecule has 0 radical (unpaired) electrons. The number of rotatable bonds is 5. The Morgan fingerprint density at radius 1 is 1.56 bits per heavy atom. The summed E-state index contributed by atoms with van der Waals surface area (Å²) in [6.07, 6.45) is 2.14. The fourth-order valence-electron chi connectivity index (χ4n) is 0.438. The second kappa shape index (κ2) is 6.96. The molecule has 0 saturated heterocycles. The van der Waals surface area contributed by atoms with Crippen molar-refractivity contribution in [3.63, 3.8) is 0 Å². The van der Waals surface area contributed by atoms with Crippen LogP contribution in [0.5, 0.6) is 0 Å². The normalized spacial score (nSPS) is 7.89. The maximum Gasteiger partial charge on any atom is 0.293 e. The maximum absolute atomic E-state index is 9.55. The van der Waals surface area contributed by atoms with Crippen molar-refractivity contribution in [1.82, 2.24) is 0 Å². The number of carbonyl (C=O) groups excluding carboxylic acids is 1. The highest BCUT2D eigenvalue weighted by atomic mass is 16.5. The first-order valence-electron chi connectivity index (χ1n) is 2.84. The summed E-state index contributed by atoms with van der Waals surface area (Å²) in [4.78, 5) is 9.55. The van der Waals surface area contributed by atoms with Gasteiger partial charge in [-0.15, -0.1) is 0 Å². The van der Waals surface area contributed by atoms with Crippen molar-refractivity contribution >= 4 is 6.47 Å². The second-order valence-electron chi connectivity index (χ2n) is 1.58. The first-order chi connectivity index (χ1) is 4.41. The Morgan fingerprint density at radius 3 is 2.89 bits per heavy atom. The van der Waals surface area contributed by atoms with Crippen molar-refractivity contribution in [3.8, 4) is 6.07 Å². The summed E-state index contributed by atoms with van der Waals surface area (Å²) in [5, 5.41) is 8.06. The van der Waals surface area contributed by atoms with Gasteiger partial charge in [0.05, 0.1) is 12.7 Å². The molecule has 0 N–H and O–H groups in total. The summed E-state index contributed by atoms with van der Waals surface area (Å²) < 4.78 is 4.39. The van der Waals surface area contributed by atoms with Gasteiger partial charge >= 0.3 is 0 Å². The van der Waals surface area contributed by atoms with Gasteiger partial charge in [0.25, 0.3) is 6.47 Å². The van der Waals surface area contributed by atoms with Gasteiger partial charge in [0, 0.05) is 6.42 Å². The topological polar surface area (TPSA) is 50.1 Å². The predicted octanol–water partition coefficient (Wildman–Crippen LogP) is 0.853. The van der Waals surface area contributed by atoms with Gasteiger partial charge < -0.3 is 4.74 Å². The highest BCUT2D eigenvalue weighted by Crippen LogP contribution is 1.92. The van der Waals surface area contributed by atoms with Gasteiger partial charge in [0.2, 0.25) is 0 Å². The molecule has 0 rings (SSSR count). The highest BCUT2D eigenvalue weighted by Gasteiger charge is 1.85. The zero-order valence-corrected chi connectivity index (χ0v) is 5.17. The van der Waals surface area contributed by atoms with Crippen LogP contribution >= 0.6 is 0 Å². The molecule has 0 unspecified atom stereocenters. The summed E-state index contributed by atoms with van der Waals surface area (Å²) in [6, 6.07) is 2.00. The fourth-order valence-corrected chi connectivity index (χ4v) is 0.438. The molecule has 0 saturated carbocycles. The van der Waals surface area contributed by atoms with E-state index >= 15 is 0 Å². The Hall–Kier alpha value is -1.04. The van der Waals surface area contributed by atoms with Crippen molar-refractivity contribution in [1.29, 1.82) is 5.26 Å². The Bertz CT molecular complexity index is 106. The monoisotopic (exact) mass is 127 g/mol. The lowest BCUT2D eigenvalue weighted by Crippen LogP contribution is -1.90. The molecule has 0 aliphatic carbocycles. The second-order valence-corrected chi connectivity index (χ2v) is 1.58. The molecule has 50 valence electrons. The van der Waals surface area contributed by atoms with E-state index in [-0.39, 0.29) is 0 Å². The fraction of sp³-hybridized carbons (Fsp3) is 0.667. The number of hydrogen-bond donors (Lipinski definition) is 0. The number of hydrogen-bond acceptors (Lipinski definition) is 3. The number of ether oxygens (including phenoxy) is 1. The Morgan fingerprint density at radius 2 is 2.33 bits per heavy atom. The quantitative estimate of drug-likeness (QED) is 0.406. The zero-order chi connectivity index (χ0) is 6.95. The van der Waals surface area contributed by atoms with Gasteiger partial charge in [0.15, 0.2) is 0 Å². The van der Waals surface area contributed by atoms with Crippen LogP contribution in [0.1, 0.15) is 19.3 Å². The van der Waals surface area contributed by atoms with E-state index in [1.807, 2.05) is 6.07 Å². The molecule has 0 spiro atoms. The predicted molar refractivity (Wildman–Crippen MR) is 31.5 cm³/mol. The van der Waals surface area contributed by atoms with E-state index < -0.39 is 0 Å². The molecule has 0 bridgehead atoms. The van der Waals surface area contributed by atoms with Gasteiger partial charge in [-0.25, -0.2) is 0 Å². The van der Waals surface area contributed by atoms with Crippen LogP contribution in [0.2, 0.25) is 0 Å². The summed E-state index contributed by atoms with van der Waals surface area (Å²) in [7, 11) is 0. The number of unbranched alkanes of at least 4 members (excludes halogenated alkanes) is 2. The molecule has 0 aromatic carbocycles. The summed E-state index contributed by atoms with van der Waals surface area (Å²) in [5.74, 6) is 0. The minimum absolute atomic E-state index is 0.423. The number of nitriles is 1. The highest BCUT2D eigenvalue weighted by molar-refractivity contribution is 5.36. The Kier molecular flexibility index (Phi) is 6.16. The molecular formula is C6H9NO2. The molecule has 3 heteroatoms. The zero-order valence-electron chi connectivity index (χ0n) is 5.17. The molecule has 0 aromatic heterocycles. The van der Waals surface area contributed by atoms with Crippen molar-refractivity contribution < 1.29 is 9.53 Å². The van der Waals surface area contributed by atoms with Crippen LogP contribution in [0.4, 0.5) is 0 Å². The molecule has 0 atom stereocenters. The molecule has 9 heavy (non-hydrogen) atoms. The maximum atomic E-state index is 9.55. The largest absolute Gasteiger partial charge is 0.468 e. The first kappa shape index (κ1) is 7.96. The average Bonchev–Trinajstić information content (AvgIpc) is 1.89. The minimum atomic E-state index is 0.423. The SMILES string of the molecule is N#CCCCCOC=O. The molecule has 0 aromatic rings. The summed E-state index contributed by atoms with van der Waals surface area (Å²) >= 11 is 0. The smallest absolute Gasteiger partial charge is 0.293 e. The molecule has 0 aliphatic heterocycles. The van der Waals surface area contributed by atoms with E-state index in [0.717, 1.165) is 12.8 Å². The Balaban J connectivity index is 2.76. The first-order valence-corrected chi connectivity index (χ1v) is 2.84. The van der Waals surface area contributed by atoms with E-state index in [1.54, 1.807) is 0 Å². The van der Waals surface area contributed by atoms with Crippen LogP contribution in [-0.4, -0.2) is 13.1 Å². The van der Waals surface area contributed by atoms with E-state index in [9.17, 15) is 4.79 Å². The standard InChI is InChI=1S/C6H9NO2/c7-4-2-1-3-5-9-6-8/h6H,1-3,5H2. The molecule has 0 amide bonds. The third kappa shape index (κ3) is 6.96. The van der Waals surface area contributed by atoms with Crippen LogP contribution < -0.4 is 0 Å². The molecule has 0 fully saturated rings. The van der Waals surface area contributed by atoms with E-state index in [1.165, 1.54) is 0 Å². The minimum Gasteiger partial charge on any atom is -0.468 e. The van der Waals surface area contributed by atoms with Crippen LogP contribution in [0.25, 0.3) is 0 Å². The van der Waals surface area contributed by atoms with E-state index in [4.69, 9.17) is 5.26 Å². The van der Waals surface area contributed by atoms with Crippen molar-refractivity contribution in [2.75, 3.05) is 6.61 Å². The van der Waals surface area contributed by atoms with Gasteiger partial charge in [0.1, 0.15) is 0 Å². The van der Waals surface area contributed by atoms with Crippen LogP contribution in [0.3, 0.4) is 0 Å². The van der Waals surface area contributed by atoms with Gasteiger partial charge in [-0.05, 0) is 12.8 Å². The lowest BCUT2D eigenvalue weighted by Gasteiger charge is -1.92. The lowest BCUT2D eigenvalue weighted by atomic mass is 10.3. The number of nitrogens with zero attached hydrogens (tertiary/aromatic N) is 1. The van der Waals surface area contributed by atoms with Gasteiger partial charge in [-0.1, -0.05) is 0 Å².